The Balaban J connectivity index is 1.29. The van der Waals surface area contributed by atoms with Crippen LogP contribution >= 0.6 is 11.8 Å². The number of para-hydroxylation sites is 1. The molecule has 0 bridgehead atoms. The molecule has 10 heteroatoms. The van der Waals surface area contributed by atoms with E-state index in [0.29, 0.717) is 46.7 Å². The van der Waals surface area contributed by atoms with Crippen LogP contribution in [0.5, 0.6) is 11.5 Å². The second kappa shape index (κ2) is 9.80. The minimum atomic E-state index is -0.359. The summed E-state index contributed by atoms with van der Waals surface area (Å²) in [4.78, 5) is 12.6. The van der Waals surface area contributed by atoms with Crippen molar-refractivity contribution in [3.8, 4) is 17.2 Å². The van der Waals surface area contributed by atoms with Crippen LogP contribution < -0.4 is 14.8 Å². The summed E-state index contributed by atoms with van der Waals surface area (Å²) in [7, 11) is 0. The highest BCUT2D eigenvalue weighted by Gasteiger charge is 2.21. The van der Waals surface area contributed by atoms with Crippen LogP contribution in [0.3, 0.4) is 0 Å². The van der Waals surface area contributed by atoms with Crippen LogP contribution in [-0.4, -0.2) is 52.5 Å². The van der Waals surface area contributed by atoms with Crippen molar-refractivity contribution in [1.29, 1.82) is 0 Å². The van der Waals surface area contributed by atoms with Crippen molar-refractivity contribution in [2.45, 2.75) is 30.5 Å². The molecule has 1 saturated heterocycles. The molecule has 0 spiro atoms. The van der Waals surface area contributed by atoms with E-state index in [1.807, 2.05) is 0 Å². The maximum atomic E-state index is 14.6. The van der Waals surface area contributed by atoms with E-state index in [-0.39, 0.29) is 24.6 Å². The molecule has 1 aromatic heterocycles. The van der Waals surface area contributed by atoms with Gasteiger partial charge >= 0.3 is 0 Å². The Kier molecular flexibility index (Phi) is 6.45. The summed E-state index contributed by atoms with van der Waals surface area (Å²) in [6, 6.07) is 11.6. The predicted molar refractivity (Wildman–Crippen MR) is 120 cm³/mol. The zero-order valence-corrected chi connectivity index (χ0v) is 18.6. The summed E-state index contributed by atoms with van der Waals surface area (Å²) < 4.78 is 32.7. The van der Waals surface area contributed by atoms with E-state index < -0.39 is 0 Å². The number of benzene rings is 2. The molecule has 1 amide bonds. The molecule has 0 saturated carbocycles. The molecule has 2 aromatic carbocycles. The van der Waals surface area contributed by atoms with Gasteiger partial charge in [0, 0.05) is 30.9 Å². The molecule has 172 valence electrons. The van der Waals surface area contributed by atoms with Crippen LogP contribution in [-0.2, 0) is 11.2 Å². The molecule has 3 aromatic rings. The fourth-order valence-electron chi connectivity index (χ4n) is 3.80. The van der Waals surface area contributed by atoms with Gasteiger partial charge in [-0.1, -0.05) is 23.9 Å². The van der Waals surface area contributed by atoms with E-state index in [2.05, 4.69) is 15.5 Å². The quantitative estimate of drug-likeness (QED) is 0.505. The molecule has 1 fully saturated rings. The van der Waals surface area contributed by atoms with E-state index >= 15 is 0 Å². The van der Waals surface area contributed by atoms with Gasteiger partial charge in [0.15, 0.2) is 16.7 Å². The van der Waals surface area contributed by atoms with Crippen LogP contribution in [0.15, 0.2) is 47.6 Å². The first-order valence-electron chi connectivity index (χ1n) is 10.8. The van der Waals surface area contributed by atoms with Gasteiger partial charge in [0.1, 0.15) is 11.6 Å². The van der Waals surface area contributed by atoms with Crippen molar-refractivity contribution in [1.82, 2.24) is 20.1 Å². The SMILES string of the molecule is O=C(NCCc1nnc(SC[C@@H]2CCCO2)n1-c1ccccc1F)c1ccc2c(c1)OCO2. The van der Waals surface area contributed by atoms with E-state index in [9.17, 15) is 9.18 Å². The largest absolute Gasteiger partial charge is 0.454 e. The minimum absolute atomic E-state index is 0.152. The van der Waals surface area contributed by atoms with Crippen molar-refractivity contribution >= 4 is 17.7 Å². The number of ether oxygens (including phenoxy) is 3. The Morgan fingerprint density at radius 3 is 2.91 bits per heavy atom. The van der Waals surface area contributed by atoms with Crippen molar-refractivity contribution in [3.05, 3.63) is 59.7 Å². The summed E-state index contributed by atoms with van der Waals surface area (Å²) in [5.41, 5.74) is 0.858. The molecule has 1 atom stereocenters. The highest BCUT2D eigenvalue weighted by atomic mass is 32.2. The standard InChI is InChI=1S/C23H23FN4O4S/c24-17-5-1-2-6-18(17)28-21(26-27-23(28)33-13-16-4-3-11-30-16)9-10-25-22(29)15-7-8-19-20(12-15)32-14-31-19/h1-2,5-8,12,16H,3-4,9-11,13-14H2,(H,25,29)/t16-/m0/s1. The Labute approximate surface area is 194 Å². The maximum absolute atomic E-state index is 14.6. The van der Waals surface area contributed by atoms with Gasteiger partial charge in [0.2, 0.25) is 6.79 Å². The van der Waals surface area contributed by atoms with Gasteiger partial charge in [0.05, 0.1) is 11.8 Å². The lowest BCUT2D eigenvalue weighted by Gasteiger charge is -2.13. The number of nitrogens with zero attached hydrogens (tertiary/aromatic N) is 3. The molecule has 3 heterocycles. The number of amides is 1. The normalized spacial score (nSPS) is 16.8. The van der Waals surface area contributed by atoms with Crippen molar-refractivity contribution < 1.29 is 23.4 Å². The van der Waals surface area contributed by atoms with E-state index in [0.717, 1.165) is 25.2 Å². The minimum Gasteiger partial charge on any atom is -0.454 e. The third-order valence-corrected chi connectivity index (χ3v) is 6.55. The number of thioether (sulfide) groups is 1. The average Bonchev–Trinajstić information content (AvgIpc) is 3.58. The van der Waals surface area contributed by atoms with E-state index in [4.69, 9.17) is 14.2 Å². The number of carbonyl (C=O) groups excluding carboxylic acids is 1. The molecule has 0 aliphatic carbocycles. The first-order chi connectivity index (χ1) is 16.2. The van der Waals surface area contributed by atoms with Crippen LogP contribution in [0.4, 0.5) is 4.39 Å². The summed E-state index contributed by atoms with van der Waals surface area (Å²) in [5.74, 6) is 1.88. The van der Waals surface area contributed by atoms with Gasteiger partial charge in [-0.2, -0.15) is 0 Å². The van der Waals surface area contributed by atoms with E-state index in [1.54, 1.807) is 41.0 Å². The van der Waals surface area contributed by atoms with Crippen LogP contribution in [0.1, 0.15) is 29.0 Å². The molecular formula is C23H23FN4O4S. The number of halogens is 1. The second-order valence-electron chi connectivity index (χ2n) is 7.71. The van der Waals surface area contributed by atoms with Gasteiger partial charge in [0.25, 0.3) is 5.91 Å². The first-order valence-corrected chi connectivity index (χ1v) is 11.8. The van der Waals surface area contributed by atoms with Crippen LogP contribution in [0.25, 0.3) is 5.69 Å². The number of hydrogen-bond acceptors (Lipinski definition) is 7. The average molecular weight is 471 g/mol. The lowest BCUT2D eigenvalue weighted by atomic mass is 10.2. The van der Waals surface area contributed by atoms with Crippen LogP contribution in [0, 0.1) is 5.82 Å². The molecule has 8 nitrogen and oxygen atoms in total. The molecule has 2 aliphatic rings. The third kappa shape index (κ3) is 4.81. The third-order valence-electron chi connectivity index (χ3n) is 5.48. The smallest absolute Gasteiger partial charge is 0.251 e. The summed E-state index contributed by atoms with van der Waals surface area (Å²) in [5, 5.41) is 12.1. The Hall–Kier alpha value is -3.11. The van der Waals surface area contributed by atoms with E-state index in [1.165, 1.54) is 17.8 Å². The number of carbonyl (C=O) groups is 1. The lowest BCUT2D eigenvalue weighted by Crippen LogP contribution is -2.26. The zero-order chi connectivity index (χ0) is 22.6. The molecule has 5 rings (SSSR count). The molecular weight excluding hydrogens is 447 g/mol. The molecule has 0 radical (unpaired) electrons. The van der Waals surface area contributed by atoms with Gasteiger partial charge in [-0.05, 0) is 43.2 Å². The topological polar surface area (TPSA) is 87.5 Å². The van der Waals surface area contributed by atoms with Crippen molar-refractivity contribution in [2.24, 2.45) is 0 Å². The fourth-order valence-corrected chi connectivity index (χ4v) is 4.83. The lowest BCUT2D eigenvalue weighted by molar-refractivity contribution is 0.0953. The van der Waals surface area contributed by atoms with Gasteiger partial charge < -0.3 is 19.5 Å². The zero-order valence-electron chi connectivity index (χ0n) is 17.8. The maximum Gasteiger partial charge on any atom is 0.251 e. The van der Waals surface area contributed by atoms with Crippen molar-refractivity contribution in [2.75, 3.05) is 25.7 Å². The summed E-state index contributed by atoms with van der Waals surface area (Å²) >= 11 is 1.50. The number of fused-ring (bicyclic) bond motifs is 1. The molecule has 33 heavy (non-hydrogen) atoms. The van der Waals surface area contributed by atoms with Crippen molar-refractivity contribution in [3.63, 3.8) is 0 Å². The summed E-state index contributed by atoms with van der Waals surface area (Å²) in [6.07, 6.45) is 2.63. The predicted octanol–water partition coefficient (Wildman–Crippen LogP) is 3.38. The Morgan fingerprint density at radius 1 is 1.18 bits per heavy atom. The fraction of sp³-hybridized carbons (Fsp3) is 0.348. The highest BCUT2D eigenvalue weighted by Crippen LogP contribution is 2.32. The Bertz CT molecular complexity index is 1150. The number of rotatable bonds is 8. The number of nitrogens with one attached hydrogen (secondary N) is 1. The summed E-state index contributed by atoms with van der Waals surface area (Å²) in [6.45, 7) is 1.25. The number of aromatic nitrogens is 3. The molecule has 1 N–H and O–H groups in total. The first kappa shape index (κ1) is 21.7. The number of hydrogen-bond donors (Lipinski definition) is 1. The highest BCUT2D eigenvalue weighted by molar-refractivity contribution is 7.99. The van der Waals surface area contributed by atoms with Gasteiger partial charge in [-0.25, -0.2) is 4.39 Å². The molecule has 2 aliphatic heterocycles. The van der Waals surface area contributed by atoms with Gasteiger partial charge in [-0.3, -0.25) is 9.36 Å². The second-order valence-corrected chi connectivity index (χ2v) is 8.69. The Morgan fingerprint density at radius 2 is 2.06 bits per heavy atom. The van der Waals surface area contributed by atoms with Gasteiger partial charge in [-0.15, -0.1) is 10.2 Å². The molecule has 0 unspecified atom stereocenters. The monoisotopic (exact) mass is 470 g/mol. The van der Waals surface area contributed by atoms with Crippen LogP contribution in [0.2, 0.25) is 0 Å².